The van der Waals surface area contributed by atoms with Crippen molar-refractivity contribution in [3.05, 3.63) is 29.6 Å². The molecule has 4 rings (SSSR count). The summed E-state index contributed by atoms with van der Waals surface area (Å²) in [5.41, 5.74) is 0.707. The average molecular weight is 497 g/mol. The fourth-order valence-electron chi connectivity index (χ4n) is 4.40. The monoisotopic (exact) mass is 496 g/mol. The molecule has 1 aromatic carbocycles. The molecule has 2 aliphatic heterocycles. The quantitative estimate of drug-likeness (QED) is 0.319. The van der Waals surface area contributed by atoms with Gasteiger partial charge < -0.3 is 14.5 Å². The highest BCUT2D eigenvalue weighted by atomic mass is 32.2. The summed E-state index contributed by atoms with van der Waals surface area (Å²) in [6.07, 6.45) is 3.87. The average Bonchev–Trinajstić information content (AvgIpc) is 3.52. The number of carbonyl (C=O) groups excluding carboxylic acids is 2. The number of halogens is 1. The maximum absolute atomic E-state index is 14.3. The van der Waals surface area contributed by atoms with Gasteiger partial charge in [-0.2, -0.15) is 0 Å². The normalized spacial score (nSPS) is 20.4. The number of nitrogens with one attached hydrogen (secondary N) is 2. The predicted octanol–water partition coefficient (Wildman–Crippen LogP) is 1.86. The number of rotatable bonds is 13. The van der Waals surface area contributed by atoms with Gasteiger partial charge in [-0.15, -0.1) is 0 Å². The molecule has 3 aliphatic rings. The molecule has 1 aliphatic carbocycles. The maximum Gasteiger partial charge on any atom is 0.324 e. The van der Waals surface area contributed by atoms with Gasteiger partial charge >= 0.3 is 6.03 Å². The summed E-state index contributed by atoms with van der Waals surface area (Å²) >= 11 is 0. The molecule has 0 unspecified atom stereocenters. The summed E-state index contributed by atoms with van der Waals surface area (Å²) in [6.45, 7) is 2.45. The van der Waals surface area contributed by atoms with E-state index in [0.717, 1.165) is 25.9 Å². The van der Waals surface area contributed by atoms with Crippen LogP contribution < -0.4 is 14.8 Å². The molecule has 34 heavy (non-hydrogen) atoms. The van der Waals surface area contributed by atoms with E-state index in [9.17, 15) is 22.4 Å². The molecular weight excluding hydrogens is 463 g/mol. The lowest BCUT2D eigenvalue weighted by atomic mass is 9.88. The number of benzene rings is 1. The van der Waals surface area contributed by atoms with Crippen molar-refractivity contribution in [2.75, 3.05) is 45.6 Å². The summed E-state index contributed by atoms with van der Waals surface area (Å²) in [5, 5.41) is 2.22. The Balaban J connectivity index is 1.32. The van der Waals surface area contributed by atoms with Crippen molar-refractivity contribution < 1.29 is 27.1 Å². The van der Waals surface area contributed by atoms with Gasteiger partial charge in [0.2, 0.25) is 15.9 Å². The van der Waals surface area contributed by atoms with E-state index in [0.29, 0.717) is 43.9 Å². The lowest BCUT2D eigenvalue weighted by molar-refractivity contribution is -0.118. The van der Waals surface area contributed by atoms with Crippen LogP contribution in [-0.2, 0) is 14.8 Å². The molecule has 2 saturated heterocycles. The van der Waals surface area contributed by atoms with Crippen molar-refractivity contribution in [3.8, 4) is 5.75 Å². The number of sulfonamides is 1. The second-order valence-electron chi connectivity index (χ2n) is 9.68. The zero-order chi connectivity index (χ0) is 24.3. The number of imide groups is 1. The van der Waals surface area contributed by atoms with Gasteiger partial charge in [0.05, 0.1) is 18.4 Å². The summed E-state index contributed by atoms with van der Waals surface area (Å²) in [6, 6.07) is 3.76. The van der Waals surface area contributed by atoms with Crippen LogP contribution in [0.15, 0.2) is 18.2 Å². The summed E-state index contributed by atoms with van der Waals surface area (Å²) < 4.78 is 48.6. The second kappa shape index (κ2) is 10.6. The van der Waals surface area contributed by atoms with Gasteiger partial charge in [0, 0.05) is 25.6 Å². The Morgan fingerprint density at radius 2 is 1.97 bits per heavy atom. The van der Waals surface area contributed by atoms with Gasteiger partial charge in [-0.3, -0.25) is 10.1 Å². The third kappa shape index (κ3) is 6.67. The van der Waals surface area contributed by atoms with E-state index in [-0.39, 0.29) is 29.9 Å². The zero-order valence-electron chi connectivity index (χ0n) is 19.5. The highest BCUT2D eigenvalue weighted by Gasteiger charge is 2.35. The third-order valence-corrected chi connectivity index (χ3v) is 8.00. The van der Waals surface area contributed by atoms with E-state index >= 15 is 0 Å². The highest BCUT2D eigenvalue weighted by Crippen LogP contribution is 2.34. The third-order valence-electron chi connectivity index (χ3n) is 6.57. The molecule has 3 fully saturated rings. The number of urea groups is 1. The van der Waals surface area contributed by atoms with E-state index in [2.05, 4.69) is 14.9 Å². The molecular formula is C23H33FN4O5S. The van der Waals surface area contributed by atoms with Crippen LogP contribution >= 0.6 is 0 Å². The molecule has 11 heteroatoms. The number of amides is 3. The molecule has 9 nitrogen and oxygen atoms in total. The van der Waals surface area contributed by atoms with Crippen LogP contribution in [0.5, 0.6) is 5.75 Å². The minimum atomic E-state index is -3.58. The number of ether oxygens (including phenoxy) is 1. The van der Waals surface area contributed by atoms with Crippen LogP contribution in [0.4, 0.5) is 9.18 Å². The number of nitrogens with zero attached hydrogens (tertiary/aromatic N) is 2. The van der Waals surface area contributed by atoms with Gasteiger partial charge in [-0.1, -0.05) is 12.5 Å². The SMILES string of the molecule is CN1CC([C@@H](NS(=O)(=O)CCCCCN2CC(=O)NC2=O)c2ccc(F)c(OCC3CC3)c2)C1. The Kier molecular flexibility index (Phi) is 7.73. The fourth-order valence-corrected chi connectivity index (χ4v) is 5.82. The molecule has 2 heterocycles. The van der Waals surface area contributed by atoms with Gasteiger partial charge in [0.15, 0.2) is 11.6 Å². The Labute approximate surface area is 200 Å². The van der Waals surface area contributed by atoms with E-state index in [1.807, 2.05) is 7.05 Å². The van der Waals surface area contributed by atoms with Crippen molar-refractivity contribution in [2.24, 2.45) is 11.8 Å². The van der Waals surface area contributed by atoms with Crippen LogP contribution in [-0.4, -0.2) is 75.7 Å². The molecule has 1 atom stereocenters. The van der Waals surface area contributed by atoms with E-state index in [1.165, 1.54) is 11.0 Å². The Bertz CT molecular complexity index is 1010. The minimum Gasteiger partial charge on any atom is -0.490 e. The summed E-state index contributed by atoms with van der Waals surface area (Å²) in [4.78, 5) is 26.3. The topological polar surface area (TPSA) is 108 Å². The zero-order valence-corrected chi connectivity index (χ0v) is 20.3. The van der Waals surface area contributed by atoms with E-state index < -0.39 is 27.9 Å². The summed E-state index contributed by atoms with van der Waals surface area (Å²) in [7, 11) is -1.60. The Morgan fingerprint density at radius 3 is 2.62 bits per heavy atom. The molecule has 0 spiro atoms. The first-order chi connectivity index (χ1) is 16.2. The van der Waals surface area contributed by atoms with Crippen molar-refractivity contribution in [3.63, 3.8) is 0 Å². The van der Waals surface area contributed by atoms with Gasteiger partial charge in [0.25, 0.3) is 0 Å². The van der Waals surface area contributed by atoms with Crippen molar-refractivity contribution in [2.45, 2.75) is 38.1 Å². The molecule has 188 valence electrons. The molecule has 0 aromatic heterocycles. The first kappa shape index (κ1) is 24.9. The fraction of sp³-hybridized carbons (Fsp3) is 0.652. The Morgan fingerprint density at radius 1 is 1.21 bits per heavy atom. The van der Waals surface area contributed by atoms with Gasteiger partial charge in [-0.25, -0.2) is 22.3 Å². The summed E-state index contributed by atoms with van der Waals surface area (Å²) in [5.74, 6) is -0.0449. The predicted molar refractivity (Wildman–Crippen MR) is 124 cm³/mol. The first-order valence-corrected chi connectivity index (χ1v) is 13.5. The number of hydrogen-bond donors (Lipinski definition) is 2. The van der Waals surface area contributed by atoms with Crippen LogP contribution in [0.25, 0.3) is 0 Å². The Hall–Kier alpha value is -2.24. The highest BCUT2D eigenvalue weighted by molar-refractivity contribution is 7.89. The van der Waals surface area contributed by atoms with Crippen LogP contribution in [0.3, 0.4) is 0 Å². The van der Waals surface area contributed by atoms with E-state index in [4.69, 9.17) is 4.74 Å². The van der Waals surface area contributed by atoms with Crippen molar-refractivity contribution >= 4 is 22.0 Å². The number of hydrogen-bond acceptors (Lipinski definition) is 6. The maximum atomic E-state index is 14.3. The lowest BCUT2D eigenvalue weighted by Crippen LogP contribution is -2.51. The van der Waals surface area contributed by atoms with Crippen molar-refractivity contribution in [1.82, 2.24) is 19.8 Å². The first-order valence-electron chi connectivity index (χ1n) is 11.9. The van der Waals surface area contributed by atoms with Gasteiger partial charge in [-0.05, 0) is 56.3 Å². The molecule has 1 saturated carbocycles. The number of likely N-dealkylation sites (tertiary alicyclic amines) is 1. The molecule has 3 amide bonds. The second-order valence-corrected chi connectivity index (χ2v) is 11.5. The lowest BCUT2D eigenvalue weighted by Gasteiger charge is -2.41. The van der Waals surface area contributed by atoms with Crippen molar-refractivity contribution in [1.29, 1.82) is 0 Å². The number of unbranched alkanes of at least 4 members (excludes halogenated alkanes) is 2. The molecule has 0 radical (unpaired) electrons. The molecule has 0 bridgehead atoms. The number of carbonyl (C=O) groups is 2. The minimum absolute atomic E-state index is 0.0383. The van der Waals surface area contributed by atoms with Crippen LogP contribution in [0.2, 0.25) is 0 Å². The largest absolute Gasteiger partial charge is 0.490 e. The van der Waals surface area contributed by atoms with Crippen LogP contribution in [0.1, 0.15) is 43.7 Å². The smallest absolute Gasteiger partial charge is 0.324 e. The van der Waals surface area contributed by atoms with Crippen LogP contribution in [0, 0.1) is 17.7 Å². The molecule has 2 N–H and O–H groups in total. The molecule has 1 aromatic rings. The van der Waals surface area contributed by atoms with Gasteiger partial charge in [0.1, 0.15) is 6.54 Å². The standard InChI is InChI=1S/C23H33FN4O5S/c1-27-12-18(13-27)22(17-7-8-19(24)20(11-17)33-15-16-5-6-16)26-34(31,32)10-4-2-3-9-28-14-21(29)25-23(28)30/h7-8,11,16,18,22,26H,2-6,9-10,12-15H2,1H3,(H,25,29,30)/t22-/m0/s1. The van der Waals surface area contributed by atoms with E-state index in [1.54, 1.807) is 12.1 Å².